The fourth-order valence-electron chi connectivity index (χ4n) is 1.99. The summed E-state index contributed by atoms with van der Waals surface area (Å²) in [4.78, 5) is 2.19. The monoisotopic (exact) mass is 141 g/mol. The summed E-state index contributed by atoms with van der Waals surface area (Å²) in [5.74, 6) is 1.46. The van der Waals surface area contributed by atoms with Crippen LogP contribution in [0.15, 0.2) is 0 Å². The lowest BCUT2D eigenvalue weighted by Gasteiger charge is -2.26. The second-order valence-electron chi connectivity index (χ2n) is 3.86. The molecular weight excluding hydrogens is 126 g/mol. The fraction of sp³-hybridized carbons (Fsp3) is 1.00. The highest BCUT2D eigenvalue weighted by Crippen LogP contribution is 2.48. The van der Waals surface area contributed by atoms with Gasteiger partial charge in [-0.05, 0) is 26.2 Å². The lowest BCUT2D eigenvalue weighted by atomic mass is 10.3. The van der Waals surface area contributed by atoms with Gasteiger partial charge < -0.3 is 5.11 Å². The van der Waals surface area contributed by atoms with Gasteiger partial charge in [-0.2, -0.15) is 0 Å². The molecule has 0 aromatic heterocycles. The Hall–Kier alpha value is -0.0800. The number of nitrogens with zero attached hydrogens (tertiary/aromatic N) is 1. The maximum atomic E-state index is 9.60. The van der Waals surface area contributed by atoms with Crippen molar-refractivity contribution in [3.63, 3.8) is 0 Å². The van der Waals surface area contributed by atoms with Gasteiger partial charge in [-0.3, -0.25) is 4.90 Å². The minimum atomic E-state index is -0.120. The molecule has 2 rings (SSSR count). The molecule has 0 radical (unpaired) electrons. The first kappa shape index (κ1) is 6.62. The Kier molecular flexibility index (Phi) is 1.29. The Morgan fingerprint density at radius 2 is 2.20 bits per heavy atom. The van der Waals surface area contributed by atoms with Crippen LogP contribution in [0.5, 0.6) is 0 Å². The molecular formula is C8H15NO. The molecule has 2 nitrogen and oxygen atoms in total. The molecule has 0 aromatic rings. The number of aliphatic hydroxyl groups excluding tert-OH is 1. The summed E-state index contributed by atoms with van der Waals surface area (Å²) in [5, 5.41) is 9.60. The zero-order valence-corrected chi connectivity index (χ0v) is 6.62. The summed E-state index contributed by atoms with van der Waals surface area (Å²) in [7, 11) is 0. The predicted molar refractivity (Wildman–Crippen MR) is 39.4 cm³/mol. The van der Waals surface area contributed by atoms with Crippen LogP contribution in [0.4, 0.5) is 0 Å². The van der Waals surface area contributed by atoms with Crippen LogP contribution in [0.1, 0.15) is 20.3 Å². The van der Waals surface area contributed by atoms with Crippen molar-refractivity contribution in [1.82, 2.24) is 4.90 Å². The SMILES string of the molecule is CC(C)N1C[C@H]2C[C@H]2C1O. The number of likely N-dealkylation sites (tertiary alicyclic amines) is 1. The number of fused-ring (bicyclic) bond motifs is 1. The molecule has 1 saturated heterocycles. The van der Waals surface area contributed by atoms with Crippen molar-refractivity contribution in [3.05, 3.63) is 0 Å². The van der Waals surface area contributed by atoms with Crippen LogP contribution in [-0.4, -0.2) is 28.8 Å². The molecule has 0 amide bonds. The molecule has 0 aromatic carbocycles. The largest absolute Gasteiger partial charge is 0.378 e. The van der Waals surface area contributed by atoms with E-state index in [9.17, 15) is 5.11 Å². The highest BCUT2D eigenvalue weighted by atomic mass is 16.3. The lowest BCUT2D eigenvalue weighted by molar-refractivity contribution is -0.00419. The smallest absolute Gasteiger partial charge is 0.110 e. The van der Waals surface area contributed by atoms with E-state index in [0.717, 1.165) is 12.5 Å². The van der Waals surface area contributed by atoms with Gasteiger partial charge in [0, 0.05) is 18.5 Å². The molecule has 2 fully saturated rings. The molecule has 1 aliphatic carbocycles. The first-order chi connectivity index (χ1) is 4.70. The number of rotatable bonds is 1. The number of hydrogen-bond donors (Lipinski definition) is 1. The van der Waals surface area contributed by atoms with Gasteiger partial charge in [-0.1, -0.05) is 0 Å². The summed E-state index contributed by atoms with van der Waals surface area (Å²) in [6.45, 7) is 5.42. The second kappa shape index (κ2) is 1.95. The van der Waals surface area contributed by atoms with E-state index >= 15 is 0 Å². The highest BCUT2D eigenvalue weighted by Gasteiger charge is 2.52. The first-order valence-corrected chi connectivity index (χ1v) is 4.14. The van der Waals surface area contributed by atoms with Crippen molar-refractivity contribution >= 4 is 0 Å². The quantitative estimate of drug-likeness (QED) is 0.580. The zero-order chi connectivity index (χ0) is 7.30. The summed E-state index contributed by atoms with van der Waals surface area (Å²) in [6, 6.07) is 0.516. The maximum Gasteiger partial charge on any atom is 0.110 e. The molecule has 1 saturated carbocycles. The predicted octanol–water partition coefficient (Wildman–Crippen LogP) is 0.665. The van der Waals surface area contributed by atoms with Crippen molar-refractivity contribution in [2.45, 2.75) is 32.5 Å². The van der Waals surface area contributed by atoms with Crippen LogP contribution < -0.4 is 0 Å². The molecule has 58 valence electrons. The third-order valence-corrected chi connectivity index (χ3v) is 2.81. The number of aliphatic hydroxyl groups is 1. The van der Waals surface area contributed by atoms with E-state index in [4.69, 9.17) is 0 Å². The topological polar surface area (TPSA) is 23.5 Å². The highest BCUT2D eigenvalue weighted by molar-refractivity contribution is 5.00. The van der Waals surface area contributed by atoms with Gasteiger partial charge in [0.15, 0.2) is 0 Å². The van der Waals surface area contributed by atoms with Gasteiger partial charge in [-0.15, -0.1) is 0 Å². The van der Waals surface area contributed by atoms with Crippen LogP contribution in [0.3, 0.4) is 0 Å². The van der Waals surface area contributed by atoms with Gasteiger partial charge in [0.1, 0.15) is 6.23 Å². The average molecular weight is 141 g/mol. The fourth-order valence-corrected chi connectivity index (χ4v) is 1.99. The van der Waals surface area contributed by atoms with E-state index in [2.05, 4.69) is 18.7 Å². The number of hydrogen-bond acceptors (Lipinski definition) is 2. The van der Waals surface area contributed by atoms with Gasteiger partial charge in [-0.25, -0.2) is 0 Å². The Labute approximate surface area is 61.8 Å². The molecule has 3 atom stereocenters. The van der Waals surface area contributed by atoms with Crippen molar-refractivity contribution < 1.29 is 5.11 Å². The molecule has 2 heteroatoms. The molecule has 0 spiro atoms. The zero-order valence-electron chi connectivity index (χ0n) is 6.62. The summed E-state index contributed by atoms with van der Waals surface area (Å²) < 4.78 is 0. The van der Waals surface area contributed by atoms with Crippen molar-refractivity contribution in [3.8, 4) is 0 Å². The maximum absolute atomic E-state index is 9.60. The first-order valence-electron chi connectivity index (χ1n) is 4.14. The lowest BCUT2D eigenvalue weighted by Crippen LogP contribution is -2.38. The normalized spacial score (nSPS) is 46.2. The van der Waals surface area contributed by atoms with Gasteiger partial charge in [0.05, 0.1) is 0 Å². The van der Waals surface area contributed by atoms with E-state index in [1.807, 2.05) is 0 Å². The van der Waals surface area contributed by atoms with Crippen LogP contribution in [0, 0.1) is 11.8 Å². The van der Waals surface area contributed by atoms with Crippen molar-refractivity contribution in [2.75, 3.05) is 6.54 Å². The molecule has 10 heavy (non-hydrogen) atoms. The van der Waals surface area contributed by atoms with Crippen LogP contribution in [-0.2, 0) is 0 Å². The van der Waals surface area contributed by atoms with Gasteiger partial charge in [0.2, 0.25) is 0 Å². The van der Waals surface area contributed by atoms with Crippen molar-refractivity contribution in [2.24, 2.45) is 11.8 Å². The van der Waals surface area contributed by atoms with E-state index in [0.29, 0.717) is 12.0 Å². The molecule has 1 N–H and O–H groups in total. The third-order valence-electron chi connectivity index (χ3n) is 2.81. The minimum absolute atomic E-state index is 0.120. The number of piperidine rings is 1. The van der Waals surface area contributed by atoms with Gasteiger partial charge >= 0.3 is 0 Å². The summed E-state index contributed by atoms with van der Waals surface area (Å²) in [5.41, 5.74) is 0. The Bertz CT molecular complexity index is 146. The molecule has 0 bridgehead atoms. The van der Waals surface area contributed by atoms with E-state index in [1.165, 1.54) is 6.42 Å². The Morgan fingerprint density at radius 1 is 1.50 bits per heavy atom. The Morgan fingerprint density at radius 3 is 2.50 bits per heavy atom. The molecule has 1 aliphatic heterocycles. The summed E-state index contributed by atoms with van der Waals surface area (Å²) in [6.07, 6.45) is 1.15. The van der Waals surface area contributed by atoms with E-state index in [1.54, 1.807) is 0 Å². The Balaban J connectivity index is 2.00. The third kappa shape index (κ3) is 0.789. The standard InChI is InChI=1S/C8H15NO/c1-5(2)9-4-6-3-7(6)8(9)10/h5-8,10H,3-4H2,1-2H3/t6-,7-,8?/m1/s1. The van der Waals surface area contributed by atoms with E-state index < -0.39 is 0 Å². The minimum Gasteiger partial charge on any atom is -0.378 e. The molecule has 1 unspecified atom stereocenters. The summed E-state index contributed by atoms with van der Waals surface area (Å²) >= 11 is 0. The van der Waals surface area contributed by atoms with Crippen LogP contribution in [0.2, 0.25) is 0 Å². The van der Waals surface area contributed by atoms with Gasteiger partial charge in [0.25, 0.3) is 0 Å². The van der Waals surface area contributed by atoms with E-state index in [-0.39, 0.29) is 6.23 Å². The van der Waals surface area contributed by atoms with Crippen LogP contribution >= 0.6 is 0 Å². The molecule has 2 aliphatic rings. The second-order valence-corrected chi connectivity index (χ2v) is 3.86. The van der Waals surface area contributed by atoms with Crippen molar-refractivity contribution in [1.29, 1.82) is 0 Å². The average Bonchev–Trinajstić information content (AvgIpc) is 2.54. The van der Waals surface area contributed by atoms with Crippen LogP contribution in [0.25, 0.3) is 0 Å². The molecule has 1 heterocycles.